The molecular weight excluding hydrogens is 334 g/mol. The second-order valence-corrected chi connectivity index (χ2v) is 6.21. The fourth-order valence-corrected chi connectivity index (χ4v) is 3.10. The fourth-order valence-electron chi connectivity index (χ4n) is 3.10. The van der Waals surface area contributed by atoms with Crippen LogP contribution in [0.5, 0.6) is 0 Å². The summed E-state index contributed by atoms with van der Waals surface area (Å²) in [6.45, 7) is 0.137. The topological polar surface area (TPSA) is 86.5 Å². The number of nitro groups is 1. The van der Waals surface area contributed by atoms with Crippen molar-refractivity contribution in [2.75, 3.05) is 0 Å². The Bertz CT molecular complexity index is 862. The second-order valence-electron chi connectivity index (χ2n) is 6.21. The van der Waals surface area contributed by atoms with Gasteiger partial charge in [0, 0.05) is 18.1 Å². The number of esters is 1. The first-order valence-electron chi connectivity index (χ1n) is 8.15. The van der Waals surface area contributed by atoms with Crippen LogP contribution < -0.4 is 0 Å². The molecule has 3 rings (SSSR count). The maximum atomic E-state index is 12.7. The summed E-state index contributed by atoms with van der Waals surface area (Å²) >= 11 is 0. The number of carbonyl (C=O) groups is 2. The lowest BCUT2D eigenvalue weighted by atomic mass is 9.98. The number of non-ortho nitro benzene ring substituents is 1. The number of carbonyl (C=O) groups excluding carboxylic acids is 2. The summed E-state index contributed by atoms with van der Waals surface area (Å²) in [6.07, 6.45) is 3.87. The molecule has 26 heavy (non-hydrogen) atoms. The van der Waals surface area contributed by atoms with Crippen molar-refractivity contribution in [2.24, 2.45) is 5.41 Å². The highest BCUT2D eigenvalue weighted by molar-refractivity contribution is 5.86. The molecule has 0 amide bonds. The Morgan fingerprint density at radius 3 is 2.69 bits per heavy atom. The predicted molar refractivity (Wildman–Crippen MR) is 94.3 cm³/mol. The lowest BCUT2D eigenvalue weighted by Gasteiger charge is -2.13. The molecular formula is C20H17NO5. The summed E-state index contributed by atoms with van der Waals surface area (Å²) in [7, 11) is 0. The highest BCUT2D eigenvalue weighted by Crippen LogP contribution is 2.61. The van der Waals surface area contributed by atoms with Gasteiger partial charge in [-0.15, -0.1) is 0 Å². The van der Waals surface area contributed by atoms with Crippen LogP contribution in [0.25, 0.3) is 0 Å². The van der Waals surface area contributed by atoms with Crippen LogP contribution in [0.2, 0.25) is 0 Å². The van der Waals surface area contributed by atoms with E-state index in [-0.39, 0.29) is 18.2 Å². The van der Waals surface area contributed by atoms with E-state index in [9.17, 15) is 19.7 Å². The fraction of sp³-hybridized carbons (Fsp3) is 0.200. The van der Waals surface area contributed by atoms with Crippen molar-refractivity contribution in [1.82, 2.24) is 0 Å². The van der Waals surface area contributed by atoms with Crippen molar-refractivity contribution in [3.8, 4) is 0 Å². The average molecular weight is 351 g/mol. The highest BCUT2D eigenvalue weighted by atomic mass is 16.6. The summed E-state index contributed by atoms with van der Waals surface area (Å²) in [6, 6.07) is 15.5. The van der Waals surface area contributed by atoms with E-state index in [0.29, 0.717) is 18.3 Å². The molecule has 0 unspecified atom stereocenters. The zero-order valence-corrected chi connectivity index (χ0v) is 13.9. The number of hydrogen-bond donors (Lipinski definition) is 0. The number of allylic oxidation sites excluding steroid dienone is 1. The van der Waals surface area contributed by atoms with E-state index in [2.05, 4.69) is 0 Å². The predicted octanol–water partition coefficient (Wildman–Crippen LogP) is 3.57. The first kappa shape index (κ1) is 17.5. The Labute approximate surface area is 150 Å². The minimum Gasteiger partial charge on any atom is -0.460 e. The van der Waals surface area contributed by atoms with E-state index >= 15 is 0 Å². The smallest absolute Gasteiger partial charge is 0.316 e. The van der Waals surface area contributed by atoms with Gasteiger partial charge in [0.05, 0.1) is 10.3 Å². The van der Waals surface area contributed by atoms with Crippen LogP contribution in [0.15, 0.2) is 66.7 Å². The Kier molecular flexibility index (Phi) is 4.93. The molecule has 1 aliphatic carbocycles. The van der Waals surface area contributed by atoms with Crippen LogP contribution in [-0.2, 0) is 20.9 Å². The number of hydrogen-bond acceptors (Lipinski definition) is 5. The maximum Gasteiger partial charge on any atom is 0.316 e. The van der Waals surface area contributed by atoms with Gasteiger partial charge in [-0.25, -0.2) is 0 Å². The summed E-state index contributed by atoms with van der Waals surface area (Å²) in [5, 5.41) is 11.0. The molecule has 1 saturated carbocycles. The quantitative estimate of drug-likeness (QED) is 0.250. The molecule has 1 fully saturated rings. The van der Waals surface area contributed by atoms with Gasteiger partial charge in [-0.3, -0.25) is 19.7 Å². The molecule has 2 aromatic carbocycles. The van der Waals surface area contributed by atoms with Crippen LogP contribution in [0.3, 0.4) is 0 Å². The molecule has 0 heterocycles. The van der Waals surface area contributed by atoms with Crippen LogP contribution in [0.1, 0.15) is 23.5 Å². The maximum absolute atomic E-state index is 12.7. The number of ether oxygens (including phenoxy) is 1. The minimum absolute atomic E-state index is 0.0275. The number of nitrogens with zero attached hydrogens (tertiary/aromatic N) is 1. The molecule has 0 aromatic heterocycles. The number of aldehydes is 1. The molecule has 0 aliphatic heterocycles. The van der Waals surface area contributed by atoms with Gasteiger partial charge in [-0.05, 0) is 23.6 Å². The SMILES string of the molecule is O=C/C=C/[C@]1(C(=O)OCc2ccccc2)C[C@@H]1c1cccc([N+](=O)[O-])c1. The van der Waals surface area contributed by atoms with Gasteiger partial charge in [-0.1, -0.05) is 48.5 Å². The third kappa shape index (κ3) is 3.54. The molecule has 0 saturated heterocycles. The Balaban J connectivity index is 1.79. The summed E-state index contributed by atoms with van der Waals surface area (Å²) in [4.78, 5) is 33.9. The van der Waals surface area contributed by atoms with Gasteiger partial charge in [0.15, 0.2) is 0 Å². The van der Waals surface area contributed by atoms with Crippen molar-refractivity contribution < 1.29 is 19.2 Å². The lowest BCUT2D eigenvalue weighted by Crippen LogP contribution is -2.19. The van der Waals surface area contributed by atoms with Crippen LogP contribution in [0, 0.1) is 15.5 Å². The molecule has 0 spiro atoms. The van der Waals surface area contributed by atoms with Gasteiger partial charge < -0.3 is 4.74 Å². The van der Waals surface area contributed by atoms with Gasteiger partial charge in [-0.2, -0.15) is 0 Å². The summed E-state index contributed by atoms with van der Waals surface area (Å²) in [5.41, 5.74) is 0.569. The zero-order valence-electron chi connectivity index (χ0n) is 13.9. The first-order valence-corrected chi connectivity index (χ1v) is 8.15. The van der Waals surface area contributed by atoms with E-state index in [0.717, 1.165) is 5.56 Å². The van der Waals surface area contributed by atoms with Gasteiger partial charge in [0.1, 0.15) is 12.9 Å². The van der Waals surface area contributed by atoms with E-state index in [1.807, 2.05) is 30.3 Å². The molecule has 0 N–H and O–H groups in total. The van der Waals surface area contributed by atoms with Crippen LogP contribution in [0.4, 0.5) is 5.69 Å². The van der Waals surface area contributed by atoms with Gasteiger partial charge in [0.25, 0.3) is 5.69 Å². The lowest BCUT2D eigenvalue weighted by molar-refractivity contribution is -0.384. The number of nitro benzene ring substituents is 1. The molecule has 6 heteroatoms. The highest BCUT2D eigenvalue weighted by Gasteiger charge is 2.60. The van der Waals surface area contributed by atoms with Crippen molar-refractivity contribution in [1.29, 1.82) is 0 Å². The van der Waals surface area contributed by atoms with Gasteiger partial charge in [0.2, 0.25) is 0 Å². The number of rotatable bonds is 7. The molecule has 1 aliphatic rings. The first-order chi connectivity index (χ1) is 12.6. The molecule has 132 valence electrons. The summed E-state index contributed by atoms with van der Waals surface area (Å²) in [5.74, 6) is -0.683. The second kappa shape index (κ2) is 7.31. The van der Waals surface area contributed by atoms with E-state index in [1.165, 1.54) is 24.3 Å². The van der Waals surface area contributed by atoms with Crippen molar-refractivity contribution >= 4 is 17.9 Å². The third-order valence-corrected chi connectivity index (χ3v) is 4.55. The Hall–Kier alpha value is -3.28. The van der Waals surface area contributed by atoms with Crippen molar-refractivity contribution in [3.05, 3.63) is 88.0 Å². The largest absolute Gasteiger partial charge is 0.460 e. The standard InChI is InChI=1S/C20H17NO5/c22-11-5-10-20(19(23)26-14-15-6-2-1-3-7-15)13-18(20)16-8-4-9-17(12-16)21(24)25/h1-12,18H,13-14H2/b10-5+/t18-,20+/m1/s1. The summed E-state index contributed by atoms with van der Waals surface area (Å²) < 4.78 is 5.44. The van der Waals surface area contributed by atoms with E-state index < -0.39 is 16.3 Å². The van der Waals surface area contributed by atoms with Gasteiger partial charge >= 0.3 is 5.97 Å². The van der Waals surface area contributed by atoms with Crippen LogP contribution in [-0.4, -0.2) is 17.2 Å². The third-order valence-electron chi connectivity index (χ3n) is 4.55. The molecule has 0 bridgehead atoms. The normalized spacial score (nSPS) is 21.3. The van der Waals surface area contributed by atoms with Crippen molar-refractivity contribution in [3.63, 3.8) is 0 Å². The Morgan fingerprint density at radius 2 is 2.00 bits per heavy atom. The zero-order chi connectivity index (χ0) is 18.6. The molecule has 2 aromatic rings. The van der Waals surface area contributed by atoms with E-state index in [1.54, 1.807) is 12.1 Å². The molecule has 0 radical (unpaired) electrons. The molecule has 6 nitrogen and oxygen atoms in total. The molecule has 2 atom stereocenters. The van der Waals surface area contributed by atoms with Crippen LogP contribution >= 0.6 is 0 Å². The monoisotopic (exact) mass is 351 g/mol. The van der Waals surface area contributed by atoms with Crippen molar-refractivity contribution in [2.45, 2.75) is 18.9 Å². The number of benzene rings is 2. The minimum atomic E-state index is -0.953. The average Bonchev–Trinajstić information content (AvgIpc) is 3.41. The van der Waals surface area contributed by atoms with E-state index in [4.69, 9.17) is 4.74 Å². The Morgan fingerprint density at radius 1 is 1.23 bits per heavy atom.